The van der Waals surface area contributed by atoms with E-state index in [0.29, 0.717) is 22.6 Å². The lowest BCUT2D eigenvalue weighted by Crippen LogP contribution is -2.26. The molecule has 4 N–H and O–H groups in total. The van der Waals surface area contributed by atoms with E-state index in [4.69, 9.17) is 9.84 Å². The number of anilines is 2. The Morgan fingerprint density at radius 2 is 1.65 bits per heavy atom. The van der Waals surface area contributed by atoms with Gasteiger partial charge >= 0.3 is 11.9 Å². The summed E-state index contributed by atoms with van der Waals surface area (Å²) in [5, 5.41) is 21.1. The van der Waals surface area contributed by atoms with Gasteiger partial charge in [0.05, 0.1) is 11.4 Å². The zero-order chi connectivity index (χ0) is 23.6. The van der Waals surface area contributed by atoms with E-state index in [1.165, 1.54) is 18.2 Å². The SMILES string of the molecule is Cc1cc(NC(=O)C(=O)O)cc(C)c1Oc1ccc(O)c(NS(=O)(=O)CC(C)(C)C)c1. The number of benzene rings is 2. The van der Waals surface area contributed by atoms with E-state index in [9.17, 15) is 23.1 Å². The Hall–Kier alpha value is -3.27. The smallest absolute Gasteiger partial charge is 0.394 e. The first-order valence-electron chi connectivity index (χ1n) is 9.34. The largest absolute Gasteiger partial charge is 0.506 e. The predicted molar refractivity (Wildman–Crippen MR) is 117 cm³/mol. The molecule has 0 saturated heterocycles. The first-order valence-corrected chi connectivity index (χ1v) is 11.0. The van der Waals surface area contributed by atoms with Crippen molar-refractivity contribution in [2.75, 3.05) is 15.8 Å². The molecule has 0 aliphatic heterocycles. The fourth-order valence-electron chi connectivity index (χ4n) is 2.92. The molecule has 0 heterocycles. The van der Waals surface area contributed by atoms with Crippen LogP contribution in [0.25, 0.3) is 0 Å². The second kappa shape index (κ2) is 8.84. The molecule has 1 amide bonds. The number of carboxylic acids is 1. The number of phenols is 1. The molecule has 168 valence electrons. The van der Waals surface area contributed by atoms with Crippen LogP contribution in [-0.4, -0.2) is 36.3 Å². The Morgan fingerprint density at radius 1 is 1.06 bits per heavy atom. The summed E-state index contributed by atoms with van der Waals surface area (Å²) < 4.78 is 33.0. The van der Waals surface area contributed by atoms with Crippen LogP contribution in [0.3, 0.4) is 0 Å². The van der Waals surface area contributed by atoms with Crippen LogP contribution < -0.4 is 14.8 Å². The van der Waals surface area contributed by atoms with Gasteiger partial charge in [0.25, 0.3) is 0 Å². The monoisotopic (exact) mass is 450 g/mol. The number of aliphatic carboxylic acids is 1. The van der Waals surface area contributed by atoms with Crippen LogP contribution in [0, 0.1) is 19.3 Å². The van der Waals surface area contributed by atoms with E-state index in [1.807, 2.05) is 0 Å². The van der Waals surface area contributed by atoms with Gasteiger partial charge < -0.3 is 20.3 Å². The Labute approximate surface area is 181 Å². The summed E-state index contributed by atoms with van der Waals surface area (Å²) in [7, 11) is -3.70. The van der Waals surface area contributed by atoms with Crippen molar-refractivity contribution in [2.24, 2.45) is 5.41 Å². The third-order valence-corrected chi connectivity index (χ3v) is 5.77. The van der Waals surface area contributed by atoms with E-state index >= 15 is 0 Å². The maximum atomic E-state index is 12.4. The maximum Gasteiger partial charge on any atom is 0.394 e. The first-order chi connectivity index (χ1) is 14.2. The third-order valence-electron chi connectivity index (χ3n) is 3.99. The summed E-state index contributed by atoms with van der Waals surface area (Å²) in [5.74, 6) is -2.40. The number of rotatable bonds is 6. The summed E-state index contributed by atoms with van der Waals surface area (Å²) >= 11 is 0. The molecule has 0 aromatic heterocycles. The molecule has 0 bridgehead atoms. The molecule has 0 saturated carbocycles. The molecule has 0 fully saturated rings. The Morgan fingerprint density at radius 3 is 2.16 bits per heavy atom. The minimum atomic E-state index is -3.70. The minimum absolute atomic E-state index is 0.0117. The Bertz CT molecular complexity index is 1100. The number of carboxylic acid groups (broad SMARTS) is 1. The quantitative estimate of drug-likeness (QED) is 0.389. The van der Waals surface area contributed by atoms with Crippen molar-refractivity contribution in [3.05, 3.63) is 41.5 Å². The molecule has 2 aromatic rings. The van der Waals surface area contributed by atoms with Gasteiger partial charge in [-0.2, -0.15) is 0 Å². The Kier molecular flexibility index (Phi) is 6.85. The summed E-state index contributed by atoms with van der Waals surface area (Å²) in [6, 6.07) is 7.27. The van der Waals surface area contributed by atoms with E-state index in [2.05, 4.69) is 10.0 Å². The molecule has 0 radical (unpaired) electrons. The fraction of sp³-hybridized carbons (Fsp3) is 0.333. The summed E-state index contributed by atoms with van der Waals surface area (Å²) in [5.41, 5.74) is 1.05. The number of sulfonamides is 1. The minimum Gasteiger partial charge on any atom is -0.506 e. The van der Waals surface area contributed by atoms with Crippen LogP contribution in [0.1, 0.15) is 31.9 Å². The zero-order valence-electron chi connectivity index (χ0n) is 17.9. The number of hydrogen-bond donors (Lipinski definition) is 4. The maximum absolute atomic E-state index is 12.4. The highest BCUT2D eigenvalue weighted by atomic mass is 32.2. The number of ether oxygens (including phenoxy) is 1. The summed E-state index contributed by atoms with van der Waals surface area (Å²) in [6.07, 6.45) is 0. The molecule has 2 rings (SSSR count). The van der Waals surface area contributed by atoms with Gasteiger partial charge in [-0.25, -0.2) is 13.2 Å². The number of aromatic hydroxyl groups is 1. The molecule has 0 unspecified atom stereocenters. The van der Waals surface area contributed by atoms with Crippen LogP contribution in [0.5, 0.6) is 17.2 Å². The molecule has 9 nitrogen and oxygen atoms in total. The topological polar surface area (TPSA) is 142 Å². The number of carbonyl (C=O) groups is 2. The highest BCUT2D eigenvalue weighted by Crippen LogP contribution is 2.35. The number of carbonyl (C=O) groups excluding carboxylic acids is 1. The lowest BCUT2D eigenvalue weighted by molar-refractivity contribution is -0.147. The zero-order valence-corrected chi connectivity index (χ0v) is 18.8. The van der Waals surface area contributed by atoms with E-state index in [1.54, 1.807) is 46.8 Å². The van der Waals surface area contributed by atoms with Gasteiger partial charge in [-0.1, -0.05) is 20.8 Å². The normalized spacial score (nSPS) is 11.6. The van der Waals surface area contributed by atoms with E-state index in [0.717, 1.165) is 0 Å². The number of hydrogen-bond acceptors (Lipinski definition) is 6. The molecular formula is C21H26N2O7S. The number of amides is 1. The first kappa shape index (κ1) is 24.0. The average Bonchev–Trinajstić information content (AvgIpc) is 2.58. The second-order valence-electron chi connectivity index (χ2n) is 8.40. The predicted octanol–water partition coefficient (Wildman–Crippen LogP) is 3.61. The fourth-order valence-corrected chi connectivity index (χ4v) is 4.63. The average molecular weight is 451 g/mol. The van der Waals surface area contributed by atoms with Crippen molar-refractivity contribution >= 4 is 33.3 Å². The van der Waals surface area contributed by atoms with Crippen molar-refractivity contribution < 1.29 is 33.0 Å². The van der Waals surface area contributed by atoms with Crippen LogP contribution in [0.15, 0.2) is 30.3 Å². The second-order valence-corrected chi connectivity index (χ2v) is 10.1. The standard InChI is InChI=1S/C21H26N2O7S/c1-12-8-14(22-19(25)20(26)27)9-13(2)18(12)30-15-6-7-17(24)16(10-15)23-31(28,29)11-21(3,4)5/h6-10,23-24H,11H2,1-5H3,(H,22,25)(H,26,27). The number of aryl methyl sites for hydroxylation is 2. The van der Waals surface area contributed by atoms with Crippen LogP contribution >= 0.6 is 0 Å². The van der Waals surface area contributed by atoms with Crippen LogP contribution in [-0.2, 0) is 19.6 Å². The van der Waals surface area contributed by atoms with Gasteiger partial charge in [-0.15, -0.1) is 0 Å². The number of nitrogens with one attached hydrogen (secondary N) is 2. The van der Waals surface area contributed by atoms with Crippen molar-refractivity contribution in [1.82, 2.24) is 0 Å². The van der Waals surface area contributed by atoms with Crippen molar-refractivity contribution in [3.63, 3.8) is 0 Å². The highest BCUT2D eigenvalue weighted by molar-refractivity contribution is 7.92. The van der Waals surface area contributed by atoms with Gasteiger partial charge in [0.2, 0.25) is 10.0 Å². The summed E-state index contributed by atoms with van der Waals surface area (Å²) in [6.45, 7) is 8.80. The molecule has 0 atom stereocenters. The van der Waals surface area contributed by atoms with Crippen molar-refractivity contribution in [1.29, 1.82) is 0 Å². The van der Waals surface area contributed by atoms with Gasteiger partial charge in [0.1, 0.15) is 17.2 Å². The lowest BCUT2D eigenvalue weighted by Gasteiger charge is -2.19. The van der Waals surface area contributed by atoms with Gasteiger partial charge in [0, 0.05) is 11.8 Å². The van der Waals surface area contributed by atoms with E-state index in [-0.39, 0.29) is 22.9 Å². The molecule has 0 spiro atoms. The molecular weight excluding hydrogens is 424 g/mol. The van der Waals surface area contributed by atoms with Crippen molar-refractivity contribution in [3.8, 4) is 17.2 Å². The van der Waals surface area contributed by atoms with Gasteiger partial charge in [0.15, 0.2) is 0 Å². The van der Waals surface area contributed by atoms with Crippen LogP contribution in [0.4, 0.5) is 11.4 Å². The van der Waals surface area contributed by atoms with Gasteiger partial charge in [-0.3, -0.25) is 9.52 Å². The highest BCUT2D eigenvalue weighted by Gasteiger charge is 2.23. The summed E-state index contributed by atoms with van der Waals surface area (Å²) in [4.78, 5) is 22.1. The molecule has 0 aliphatic rings. The Balaban J connectivity index is 2.29. The number of phenolic OH excluding ortho intramolecular Hbond substituents is 1. The van der Waals surface area contributed by atoms with E-state index < -0.39 is 27.3 Å². The molecule has 10 heteroatoms. The third kappa shape index (κ3) is 6.88. The molecule has 0 aliphatic carbocycles. The van der Waals surface area contributed by atoms with Gasteiger partial charge in [-0.05, 0) is 54.7 Å². The molecule has 31 heavy (non-hydrogen) atoms. The van der Waals surface area contributed by atoms with Crippen LogP contribution in [0.2, 0.25) is 0 Å². The van der Waals surface area contributed by atoms with Crippen molar-refractivity contribution in [2.45, 2.75) is 34.6 Å². The molecule has 2 aromatic carbocycles. The lowest BCUT2D eigenvalue weighted by atomic mass is 10.0.